The molecule has 0 fully saturated rings. The summed E-state index contributed by atoms with van der Waals surface area (Å²) in [5, 5.41) is 7.94. The monoisotopic (exact) mass is 251 g/mol. The highest BCUT2D eigenvalue weighted by Gasteiger charge is 2.21. The van der Waals surface area contributed by atoms with Gasteiger partial charge in [0, 0.05) is 0 Å². The van der Waals surface area contributed by atoms with Crippen LogP contribution in [0.2, 0.25) is 0 Å². The standard InChI is InChI=1S/C13H17NO2S/c1-10-6-11(2)8-13(7-10)9-17(15,16)12(3)4-5-14/h6-8,12H,4,9H2,1-3H3. The van der Waals surface area contributed by atoms with Crippen LogP contribution < -0.4 is 0 Å². The molecular weight excluding hydrogens is 234 g/mol. The third-order valence-corrected chi connectivity index (χ3v) is 4.77. The Kier molecular flexibility index (Phi) is 4.30. The second-order valence-corrected chi connectivity index (χ2v) is 6.90. The van der Waals surface area contributed by atoms with E-state index in [0.29, 0.717) is 0 Å². The van der Waals surface area contributed by atoms with Gasteiger partial charge in [-0.1, -0.05) is 29.3 Å². The molecule has 0 radical (unpaired) electrons. The van der Waals surface area contributed by atoms with Crippen molar-refractivity contribution in [2.75, 3.05) is 0 Å². The Hall–Kier alpha value is -1.34. The van der Waals surface area contributed by atoms with Crippen LogP contribution in [0.3, 0.4) is 0 Å². The fourth-order valence-electron chi connectivity index (χ4n) is 1.78. The van der Waals surface area contributed by atoms with Gasteiger partial charge < -0.3 is 0 Å². The molecule has 0 aromatic heterocycles. The van der Waals surface area contributed by atoms with E-state index in [-0.39, 0.29) is 12.2 Å². The van der Waals surface area contributed by atoms with E-state index in [2.05, 4.69) is 0 Å². The van der Waals surface area contributed by atoms with Gasteiger partial charge in [-0.3, -0.25) is 0 Å². The zero-order valence-electron chi connectivity index (χ0n) is 10.4. The predicted octanol–water partition coefficient (Wildman–Crippen LogP) is 2.52. The molecule has 4 heteroatoms. The first-order valence-electron chi connectivity index (χ1n) is 5.51. The number of nitriles is 1. The molecule has 3 nitrogen and oxygen atoms in total. The van der Waals surface area contributed by atoms with Gasteiger partial charge in [-0.05, 0) is 26.3 Å². The molecule has 0 aliphatic rings. The van der Waals surface area contributed by atoms with Crippen molar-refractivity contribution in [3.63, 3.8) is 0 Å². The Morgan fingerprint density at radius 1 is 1.24 bits per heavy atom. The summed E-state index contributed by atoms with van der Waals surface area (Å²) in [5.41, 5.74) is 2.92. The van der Waals surface area contributed by atoms with E-state index in [9.17, 15) is 8.42 Å². The molecule has 0 heterocycles. The van der Waals surface area contributed by atoms with E-state index in [4.69, 9.17) is 5.26 Å². The third kappa shape index (κ3) is 3.86. The number of hydrogen-bond donors (Lipinski definition) is 0. The summed E-state index contributed by atoms with van der Waals surface area (Å²) in [6.07, 6.45) is 0.0487. The van der Waals surface area contributed by atoms with Gasteiger partial charge in [0.1, 0.15) is 0 Å². The van der Waals surface area contributed by atoms with Gasteiger partial charge in [-0.2, -0.15) is 5.26 Å². The third-order valence-electron chi connectivity index (χ3n) is 2.64. The number of nitrogens with zero attached hydrogens (tertiary/aromatic N) is 1. The maximum atomic E-state index is 12.0. The average Bonchev–Trinajstić information content (AvgIpc) is 2.15. The molecule has 0 N–H and O–H groups in total. The predicted molar refractivity (Wildman–Crippen MR) is 68.2 cm³/mol. The smallest absolute Gasteiger partial charge is 0.158 e. The zero-order valence-corrected chi connectivity index (χ0v) is 11.2. The molecule has 0 spiro atoms. The van der Waals surface area contributed by atoms with Crippen LogP contribution in [0, 0.1) is 25.2 Å². The highest BCUT2D eigenvalue weighted by atomic mass is 32.2. The maximum absolute atomic E-state index is 12.0. The second-order valence-electron chi connectivity index (χ2n) is 4.48. The van der Waals surface area contributed by atoms with Crippen LogP contribution in [0.5, 0.6) is 0 Å². The molecule has 1 aromatic rings. The topological polar surface area (TPSA) is 57.9 Å². The summed E-state index contributed by atoms with van der Waals surface area (Å²) >= 11 is 0. The summed E-state index contributed by atoms with van der Waals surface area (Å²) in [6, 6.07) is 7.67. The SMILES string of the molecule is Cc1cc(C)cc(CS(=O)(=O)C(C)CC#N)c1. The van der Waals surface area contributed by atoms with Gasteiger partial charge in [0.05, 0.1) is 23.5 Å². The van der Waals surface area contributed by atoms with E-state index in [1.807, 2.05) is 38.1 Å². The van der Waals surface area contributed by atoms with Crippen LogP contribution in [0.15, 0.2) is 18.2 Å². The van der Waals surface area contributed by atoms with Gasteiger partial charge >= 0.3 is 0 Å². The maximum Gasteiger partial charge on any atom is 0.158 e. The van der Waals surface area contributed by atoms with Gasteiger partial charge in [0.15, 0.2) is 9.84 Å². The average molecular weight is 251 g/mol. The van der Waals surface area contributed by atoms with Crippen molar-refractivity contribution < 1.29 is 8.42 Å². The molecule has 17 heavy (non-hydrogen) atoms. The van der Waals surface area contributed by atoms with Crippen molar-refractivity contribution in [2.45, 2.75) is 38.2 Å². The summed E-state index contributed by atoms with van der Waals surface area (Å²) in [5.74, 6) is 0.0123. The lowest BCUT2D eigenvalue weighted by atomic mass is 10.1. The lowest BCUT2D eigenvalue weighted by Crippen LogP contribution is -2.19. The Labute approximate surface area is 103 Å². The molecule has 1 rings (SSSR count). The van der Waals surface area contributed by atoms with E-state index < -0.39 is 15.1 Å². The van der Waals surface area contributed by atoms with Crippen molar-refractivity contribution in [1.29, 1.82) is 5.26 Å². The van der Waals surface area contributed by atoms with Crippen LogP contribution in [0.4, 0.5) is 0 Å². The largest absolute Gasteiger partial charge is 0.228 e. The molecule has 1 unspecified atom stereocenters. The fourth-order valence-corrected chi connectivity index (χ4v) is 3.03. The number of rotatable bonds is 4. The van der Waals surface area contributed by atoms with Gasteiger partial charge in [0.2, 0.25) is 0 Å². The molecule has 0 saturated heterocycles. The Morgan fingerprint density at radius 2 is 1.76 bits per heavy atom. The van der Waals surface area contributed by atoms with Gasteiger partial charge in [-0.25, -0.2) is 8.42 Å². The van der Waals surface area contributed by atoms with E-state index in [1.54, 1.807) is 6.92 Å². The Balaban J connectivity index is 2.95. The van der Waals surface area contributed by atoms with Crippen molar-refractivity contribution in [3.8, 4) is 6.07 Å². The molecule has 0 bridgehead atoms. The molecular formula is C13H17NO2S. The molecule has 0 saturated carbocycles. The number of hydrogen-bond acceptors (Lipinski definition) is 3. The number of sulfone groups is 1. The Bertz CT molecular complexity index is 521. The van der Waals surface area contributed by atoms with Crippen LogP contribution in [-0.2, 0) is 15.6 Å². The van der Waals surface area contributed by atoms with Gasteiger partial charge in [-0.15, -0.1) is 0 Å². The molecule has 1 aromatic carbocycles. The summed E-state index contributed by atoms with van der Waals surface area (Å²) in [7, 11) is -3.23. The zero-order chi connectivity index (χ0) is 13.1. The first-order valence-corrected chi connectivity index (χ1v) is 7.22. The van der Waals surface area contributed by atoms with Crippen molar-refractivity contribution in [2.24, 2.45) is 0 Å². The molecule has 0 aliphatic carbocycles. The first kappa shape index (κ1) is 13.7. The quantitative estimate of drug-likeness (QED) is 0.826. The molecule has 1 atom stereocenters. The summed E-state index contributed by atoms with van der Waals surface area (Å²) in [4.78, 5) is 0. The number of aryl methyl sites for hydroxylation is 2. The molecule has 0 amide bonds. The summed E-state index contributed by atoms with van der Waals surface area (Å²) < 4.78 is 23.9. The van der Waals surface area contributed by atoms with Crippen LogP contribution >= 0.6 is 0 Å². The molecule has 92 valence electrons. The minimum atomic E-state index is -3.23. The van der Waals surface area contributed by atoms with E-state index in [0.717, 1.165) is 16.7 Å². The highest BCUT2D eigenvalue weighted by Crippen LogP contribution is 2.16. The van der Waals surface area contributed by atoms with Crippen LogP contribution in [0.25, 0.3) is 0 Å². The van der Waals surface area contributed by atoms with E-state index in [1.165, 1.54) is 0 Å². The fraction of sp³-hybridized carbons (Fsp3) is 0.462. The lowest BCUT2D eigenvalue weighted by molar-refractivity contribution is 0.583. The van der Waals surface area contributed by atoms with Crippen LogP contribution in [0.1, 0.15) is 30.0 Å². The minimum absolute atomic E-state index is 0.0123. The van der Waals surface area contributed by atoms with Crippen molar-refractivity contribution in [3.05, 3.63) is 34.9 Å². The number of benzene rings is 1. The van der Waals surface area contributed by atoms with Crippen LogP contribution in [-0.4, -0.2) is 13.7 Å². The highest BCUT2D eigenvalue weighted by molar-refractivity contribution is 7.91. The van der Waals surface area contributed by atoms with E-state index >= 15 is 0 Å². The van der Waals surface area contributed by atoms with Crippen molar-refractivity contribution >= 4 is 9.84 Å². The second kappa shape index (κ2) is 5.33. The normalized spacial score (nSPS) is 13.1. The summed E-state index contributed by atoms with van der Waals surface area (Å²) in [6.45, 7) is 5.48. The first-order chi connectivity index (χ1) is 7.85. The lowest BCUT2D eigenvalue weighted by Gasteiger charge is -2.10. The molecule has 0 aliphatic heterocycles. The minimum Gasteiger partial charge on any atom is -0.228 e. The van der Waals surface area contributed by atoms with Crippen molar-refractivity contribution in [1.82, 2.24) is 0 Å². The van der Waals surface area contributed by atoms with Gasteiger partial charge in [0.25, 0.3) is 0 Å². The Morgan fingerprint density at radius 3 is 2.24 bits per heavy atom.